The highest BCUT2D eigenvalue weighted by atomic mass is 15.3. The first kappa shape index (κ1) is 15.2. The Hall–Kier alpha value is -0.870. The van der Waals surface area contributed by atoms with Crippen LogP contribution in [-0.2, 0) is 13.1 Å². The number of hydrogen-bond donors (Lipinski definition) is 1. The monoisotopic (exact) mass is 252 g/mol. The van der Waals surface area contributed by atoms with Crippen molar-refractivity contribution in [2.45, 2.75) is 46.7 Å². The minimum atomic E-state index is 0.920. The Kier molecular flexibility index (Phi) is 7.69. The zero-order chi connectivity index (χ0) is 13.2. The molecule has 1 N–H and O–H groups in total. The number of rotatable bonds is 10. The molecule has 0 aromatic carbocycles. The van der Waals surface area contributed by atoms with E-state index in [1.54, 1.807) is 0 Å². The second kappa shape index (κ2) is 9.11. The minimum Gasteiger partial charge on any atom is -0.310 e. The lowest BCUT2D eigenvalue weighted by Gasteiger charge is -2.19. The molecule has 18 heavy (non-hydrogen) atoms. The van der Waals surface area contributed by atoms with Crippen LogP contribution in [0.4, 0.5) is 0 Å². The molecule has 0 atom stereocenters. The fourth-order valence-electron chi connectivity index (χ4n) is 2.12. The Balaban J connectivity index is 2.22. The van der Waals surface area contributed by atoms with Crippen LogP contribution in [-0.4, -0.2) is 40.9 Å². The smallest absolute Gasteiger partial charge is 0.0522 e. The van der Waals surface area contributed by atoms with Crippen molar-refractivity contribution in [1.29, 1.82) is 0 Å². The van der Waals surface area contributed by atoms with E-state index in [1.165, 1.54) is 18.7 Å². The molecule has 0 aliphatic heterocycles. The van der Waals surface area contributed by atoms with E-state index in [0.717, 1.165) is 39.1 Å². The van der Waals surface area contributed by atoms with Gasteiger partial charge in [0.1, 0.15) is 0 Å². The van der Waals surface area contributed by atoms with Crippen LogP contribution in [0.5, 0.6) is 0 Å². The molecule has 0 saturated carbocycles. The number of nitrogens with one attached hydrogen (secondary N) is 1. The van der Waals surface area contributed by atoms with Crippen molar-refractivity contribution in [3.05, 3.63) is 18.0 Å². The summed E-state index contributed by atoms with van der Waals surface area (Å²) in [5.41, 5.74) is 1.29. The third-order valence-corrected chi connectivity index (χ3v) is 3.14. The van der Waals surface area contributed by atoms with Crippen LogP contribution in [0.25, 0.3) is 0 Å². The molecule has 0 aliphatic carbocycles. The highest BCUT2D eigenvalue weighted by Gasteiger charge is 2.02. The maximum atomic E-state index is 4.33. The maximum absolute atomic E-state index is 4.33. The van der Waals surface area contributed by atoms with E-state index in [-0.39, 0.29) is 0 Å². The van der Waals surface area contributed by atoms with Crippen molar-refractivity contribution < 1.29 is 0 Å². The topological polar surface area (TPSA) is 33.1 Å². The number of hydrogen-bond acceptors (Lipinski definition) is 3. The SMILES string of the molecule is CCCN(CC)CCNCc1ccnn1CCC. The Morgan fingerprint density at radius 3 is 2.72 bits per heavy atom. The number of nitrogens with zero attached hydrogens (tertiary/aromatic N) is 3. The zero-order valence-corrected chi connectivity index (χ0v) is 12.2. The Morgan fingerprint density at radius 2 is 2.06 bits per heavy atom. The van der Waals surface area contributed by atoms with Crippen LogP contribution < -0.4 is 5.32 Å². The van der Waals surface area contributed by atoms with Gasteiger partial charge in [0, 0.05) is 32.4 Å². The van der Waals surface area contributed by atoms with Crippen LogP contribution in [0.3, 0.4) is 0 Å². The molecular weight excluding hydrogens is 224 g/mol. The average molecular weight is 252 g/mol. The van der Waals surface area contributed by atoms with Crippen molar-refractivity contribution in [1.82, 2.24) is 20.0 Å². The molecule has 0 radical (unpaired) electrons. The molecule has 1 aromatic rings. The summed E-state index contributed by atoms with van der Waals surface area (Å²) in [5.74, 6) is 0. The van der Waals surface area contributed by atoms with Crippen LogP contribution in [0.15, 0.2) is 12.3 Å². The summed E-state index contributed by atoms with van der Waals surface area (Å²) >= 11 is 0. The second-order valence-corrected chi connectivity index (χ2v) is 4.66. The van der Waals surface area contributed by atoms with E-state index in [9.17, 15) is 0 Å². The van der Waals surface area contributed by atoms with Crippen molar-refractivity contribution in [3.8, 4) is 0 Å². The standard InChI is InChI=1S/C14H28N4/c1-4-10-17(6-3)12-9-15-13-14-7-8-16-18(14)11-5-2/h7-8,15H,4-6,9-13H2,1-3H3. The van der Waals surface area contributed by atoms with Gasteiger partial charge in [0.25, 0.3) is 0 Å². The fourth-order valence-corrected chi connectivity index (χ4v) is 2.12. The highest BCUT2D eigenvalue weighted by molar-refractivity contribution is 4.99. The molecule has 4 heteroatoms. The summed E-state index contributed by atoms with van der Waals surface area (Å²) in [5, 5.41) is 7.84. The van der Waals surface area contributed by atoms with Crippen LogP contribution in [0.2, 0.25) is 0 Å². The maximum Gasteiger partial charge on any atom is 0.0522 e. The summed E-state index contributed by atoms with van der Waals surface area (Å²) in [6, 6.07) is 2.10. The number of likely N-dealkylation sites (N-methyl/N-ethyl adjacent to an activating group) is 1. The van der Waals surface area contributed by atoms with Gasteiger partial charge in [-0.3, -0.25) is 4.68 Å². The fraction of sp³-hybridized carbons (Fsp3) is 0.786. The lowest BCUT2D eigenvalue weighted by atomic mass is 10.3. The molecule has 1 aromatic heterocycles. The highest BCUT2D eigenvalue weighted by Crippen LogP contribution is 1.99. The summed E-state index contributed by atoms with van der Waals surface area (Å²) in [4.78, 5) is 2.48. The lowest BCUT2D eigenvalue weighted by Crippen LogP contribution is -2.32. The molecule has 0 unspecified atom stereocenters. The van der Waals surface area contributed by atoms with Gasteiger partial charge in [-0.25, -0.2) is 0 Å². The Labute approximate surface area is 111 Å². The molecule has 0 spiro atoms. The Bertz CT molecular complexity index is 308. The van der Waals surface area contributed by atoms with Gasteiger partial charge < -0.3 is 10.2 Å². The quantitative estimate of drug-likeness (QED) is 0.648. The first-order valence-electron chi connectivity index (χ1n) is 7.25. The zero-order valence-electron chi connectivity index (χ0n) is 12.2. The average Bonchev–Trinajstić information content (AvgIpc) is 2.81. The van der Waals surface area contributed by atoms with Gasteiger partial charge in [0.15, 0.2) is 0 Å². The molecule has 1 heterocycles. The largest absolute Gasteiger partial charge is 0.310 e. The summed E-state index contributed by atoms with van der Waals surface area (Å²) in [6.07, 6.45) is 4.26. The van der Waals surface area contributed by atoms with E-state index in [1.807, 2.05) is 6.20 Å². The predicted molar refractivity (Wildman–Crippen MR) is 76.6 cm³/mol. The Morgan fingerprint density at radius 1 is 1.22 bits per heavy atom. The van der Waals surface area contributed by atoms with Gasteiger partial charge in [-0.1, -0.05) is 20.8 Å². The van der Waals surface area contributed by atoms with Gasteiger partial charge in [-0.05, 0) is 32.0 Å². The first-order chi connectivity index (χ1) is 8.81. The summed E-state index contributed by atoms with van der Waals surface area (Å²) < 4.78 is 2.09. The molecule has 0 amide bonds. The minimum absolute atomic E-state index is 0.920. The summed E-state index contributed by atoms with van der Waals surface area (Å²) in [7, 11) is 0. The van der Waals surface area contributed by atoms with E-state index < -0.39 is 0 Å². The lowest BCUT2D eigenvalue weighted by molar-refractivity contribution is 0.287. The van der Waals surface area contributed by atoms with E-state index in [4.69, 9.17) is 0 Å². The first-order valence-corrected chi connectivity index (χ1v) is 7.25. The number of aryl methyl sites for hydroxylation is 1. The predicted octanol–water partition coefficient (Wildman–Crippen LogP) is 2.11. The molecule has 4 nitrogen and oxygen atoms in total. The van der Waals surface area contributed by atoms with Gasteiger partial charge >= 0.3 is 0 Å². The van der Waals surface area contributed by atoms with Gasteiger partial charge in [0.05, 0.1) is 5.69 Å². The van der Waals surface area contributed by atoms with E-state index in [0.29, 0.717) is 0 Å². The second-order valence-electron chi connectivity index (χ2n) is 4.66. The van der Waals surface area contributed by atoms with Crippen molar-refractivity contribution >= 4 is 0 Å². The van der Waals surface area contributed by atoms with E-state index in [2.05, 4.69) is 46.8 Å². The summed E-state index contributed by atoms with van der Waals surface area (Å²) in [6.45, 7) is 13.1. The van der Waals surface area contributed by atoms with Gasteiger partial charge in [0.2, 0.25) is 0 Å². The van der Waals surface area contributed by atoms with Crippen LogP contribution >= 0.6 is 0 Å². The van der Waals surface area contributed by atoms with Crippen LogP contribution in [0.1, 0.15) is 39.3 Å². The molecular formula is C14H28N4. The third kappa shape index (κ3) is 5.19. The number of aromatic nitrogens is 2. The molecule has 0 bridgehead atoms. The van der Waals surface area contributed by atoms with Gasteiger partial charge in [-0.15, -0.1) is 0 Å². The molecule has 0 saturated heterocycles. The van der Waals surface area contributed by atoms with Crippen molar-refractivity contribution in [2.75, 3.05) is 26.2 Å². The van der Waals surface area contributed by atoms with E-state index >= 15 is 0 Å². The van der Waals surface area contributed by atoms with Crippen LogP contribution in [0, 0.1) is 0 Å². The molecule has 0 aliphatic rings. The normalized spacial score (nSPS) is 11.3. The van der Waals surface area contributed by atoms with Crippen molar-refractivity contribution in [2.24, 2.45) is 0 Å². The van der Waals surface area contributed by atoms with Crippen molar-refractivity contribution in [3.63, 3.8) is 0 Å². The third-order valence-electron chi connectivity index (χ3n) is 3.14. The molecule has 1 rings (SSSR count). The van der Waals surface area contributed by atoms with Gasteiger partial charge in [-0.2, -0.15) is 5.10 Å². The molecule has 104 valence electrons. The molecule has 0 fully saturated rings.